The summed E-state index contributed by atoms with van der Waals surface area (Å²) in [4.78, 5) is 24.5. The zero-order valence-electron chi connectivity index (χ0n) is 48.0. The minimum Gasteiger partial charge on any atom is -0.466 e. The van der Waals surface area contributed by atoms with Gasteiger partial charge in [-0.1, -0.05) is 308 Å². The second kappa shape index (κ2) is 60.9. The third-order valence-corrected chi connectivity index (χ3v) is 15.0. The fraction of sp³-hybridized carbons (Fsp3) is 0.908. The van der Waals surface area contributed by atoms with Gasteiger partial charge in [0.2, 0.25) is 5.91 Å². The van der Waals surface area contributed by atoms with Crippen LogP contribution in [0.2, 0.25) is 0 Å². The van der Waals surface area contributed by atoms with Crippen LogP contribution in [0.3, 0.4) is 0 Å². The maximum atomic E-state index is 12.4. The third-order valence-electron chi connectivity index (χ3n) is 15.0. The lowest BCUT2D eigenvalue weighted by Crippen LogP contribution is -2.45. The molecule has 0 aliphatic heterocycles. The van der Waals surface area contributed by atoms with E-state index in [0.29, 0.717) is 25.9 Å². The summed E-state index contributed by atoms with van der Waals surface area (Å²) in [5.74, 6) is -0.0238. The Kier molecular flexibility index (Phi) is 59.5. The fourth-order valence-electron chi connectivity index (χ4n) is 10.1. The van der Waals surface area contributed by atoms with Crippen molar-refractivity contribution in [3.05, 3.63) is 24.3 Å². The molecule has 0 aliphatic carbocycles. The third kappa shape index (κ3) is 57.5. The molecule has 0 bridgehead atoms. The minimum atomic E-state index is -0.664. The molecule has 3 N–H and O–H groups in total. The average molecular weight is 1000 g/mol. The van der Waals surface area contributed by atoms with Gasteiger partial charge in [-0.3, -0.25) is 9.59 Å². The van der Waals surface area contributed by atoms with Crippen LogP contribution >= 0.6 is 0 Å². The van der Waals surface area contributed by atoms with Crippen LogP contribution in [0.15, 0.2) is 24.3 Å². The molecule has 2 atom stereocenters. The molecule has 0 saturated heterocycles. The summed E-state index contributed by atoms with van der Waals surface area (Å²) >= 11 is 0. The highest BCUT2D eigenvalue weighted by atomic mass is 16.5. The molecule has 2 unspecified atom stereocenters. The number of hydrogen-bond donors (Lipinski definition) is 3. The summed E-state index contributed by atoms with van der Waals surface area (Å²) in [5.41, 5.74) is 0. The SMILES string of the molecule is CCCCCCCCCCCCCCCCCCCC(=O)OCCCCCCCCCCC/C=C\C/C=C\CCCCCCCCCCCCCC(=O)NC(CO)C(O)CCCCCCCCCCCC. The number of ether oxygens (including phenoxy) is 1. The Morgan fingerprint density at radius 3 is 1.07 bits per heavy atom. The van der Waals surface area contributed by atoms with Crippen molar-refractivity contribution >= 4 is 11.9 Å². The van der Waals surface area contributed by atoms with E-state index in [4.69, 9.17) is 4.74 Å². The van der Waals surface area contributed by atoms with Crippen LogP contribution < -0.4 is 5.32 Å². The lowest BCUT2D eigenvalue weighted by Gasteiger charge is -2.22. The Hall–Kier alpha value is -1.66. The summed E-state index contributed by atoms with van der Waals surface area (Å²) in [6.45, 7) is 4.96. The van der Waals surface area contributed by atoms with Crippen molar-refractivity contribution in [1.82, 2.24) is 5.32 Å². The molecular weight excluding hydrogens is 875 g/mol. The van der Waals surface area contributed by atoms with Gasteiger partial charge >= 0.3 is 5.97 Å². The van der Waals surface area contributed by atoms with Crippen molar-refractivity contribution < 1.29 is 24.5 Å². The van der Waals surface area contributed by atoms with Crippen LogP contribution in [0.1, 0.15) is 354 Å². The standard InChI is InChI=1S/C65H125NO5/c1-3-5-7-9-11-13-15-16-17-29-33-36-39-43-47-51-55-59-65(70)71-60-56-52-48-44-40-37-34-31-28-26-24-22-20-18-19-21-23-25-27-30-32-35-38-42-46-50-54-58-64(69)66-62(61-67)63(68)57-53-49-45-41-14-12-10-8-6-4-2/h18-19,22,24,62-63,67-68H,3-17,20-21,23,25-61H2,1-2H3,(H,66,69)/b19-18-,24-22-. The number of unbranched alkanes of at least 4 members (excludes halogenated alkanes) is 45. The second-order valence-corrected chi connectivity index (χ2v) is 22.1. The van der Waals surface area contributed by atoms with Crippen molar-refractivity contribution in [3.8, 4) is 0 Å². The minimum absolute atomic E-state index is 0.0149. The molecule has 0 aromatic rings. The predicted octanol–water partition coefficient (Wildman–Crippen LogP) is 20.2. The zero-order valence-corrected chi connectivity index (χ0v) is 48.0. The molecule has 0 fully saturated rings. The van der Waals surface area contributed by atoms with Crippen LogP contribution in [0.25, 0.3) is 0 Å². The molecule has 0 spiro atoms. The Labute approximate surface area is 443 Å². The van der Waals surface area contributed by atoms with Crippen LogP contribution in [-0.2, 0) is 14.3 Å². The first-order valence-corrected chi connectivity index (χ1v) is 32.1. The van der Waals surface area contributed by atoms with Crippen molar-refractivity contribution in [2.45, 2.75) is 366 Å². The molecule has 0 rings (SSSR count). The molecule has 6 nitrogen and oxygen atoms in total. The van der Waals surface area contributed by atoms with E-state index in [9.17, 15) is 19.8 Å². The highest BCUT2D eigenvalue weighted by Crippen LogP contribution is 2.18. The van der Waals surface area contributed by atoms with E-state index in [1.807, 2.05) is 0 Å². The Bertz CT molecular complexity index is 1110. The van der Waals surface area contributed by atoms with Crippen LogP contribution in [0, 0.1) is 0 Å². The first-order valence-electron chi connectivity index (χ1n) is 32.1. The molecule has 71 heavy (non-hydrogen) atoms. The summed E-state index contributed by atoms with van der Waals surface area (Å²) in [6, 6.07) is -0.542. The lowest BCUT2D eigenvalue weighted by atomic mass is 10.0. The summed E-state index contributed by atoms with van der Waals surface area (Å²) in [5, 5.41) is 23.2. The smallest absolute Gasteiger partial charge is 0.305 e. The number of aliphatic hydroxyl groups is 2. The molecule has 0 aliphatic rings. The first-order chi connectivity index (χ1) is 35.0. The Morgan fingerprint density at radius 1 is 0.394 bits per heavy atom. The monoisotopic (exact) mass is 1000 g/mol. The molecule has 1 amide bonds. The van der Waals surface area contributed by atoms with E-state index < -0.39 is 12.1 Å². The number of carbonyl (C=O) groups excluding carboxylic acids is 2. The fourth-order valence-corrected chi connectivity index (χ4v) is 10.1. The van der Waals surface area contributed by atoms with Gasteiger partial charge in [0, 0.05) is 12.8 Å². The van der Waals surface area contributed by atoms with E-state index in [0.717, 1.165) is 44.9 Å². The van der Waals surface area contributed by atoms with Gasteiger partial charge in [-0.25, -0.2) is 0 Å². The van der Waals surface area contributed by atoms with Crippen molar-refractivity contribution in [2.24, 2.45) is 0 Å². The van der Waals surface area contributed by atoms with Gasteiger partial charge < -0.3 is 20.3 Å². The zero-order chi connectivity index (χ0) is 51.4. The number of nitrogens with one attached hydrogen (secondary N) is 1. The van der Waals surface area contributed by atoms with Crippen LogP contribution in [0.4, 0.5) is 0 Å². The van der Waals surface area contributed by atoms with E-state index >= 15 is 0 Å². The summed E-state index contributed by atoms with van der Waals surface area (Å²) in [6.07, 6.45) is 74.9. The van der Waals surface area contributed by atoms with Gasteiger partial charge in [0.05, 0.1) is 25.4 Å². The van der Waals surface area contributed by atoms with Gasteiger partial charge in [-0.15, -0.1) is 0 Å². The molecule has 420 valence electrons. The molecule has 0 saturated carbocycles. The lowest BCUT2D eigenvalue weighted by molar-refractivity contribution is -0.143. The number of esters is 1. The van der Waals surface area contributed by atoms with Gasteiger partial charge in [-0.05, 0) is 57.8 Å². The molecule has 0 radical (unpaired) electrons. The highest BCUT2D eigenvalue weighted by Gasteiger charge is 2.20. The van der Waals surface area contributed by atoms with E-state index in [-0.39, 0.29) is 18.5 Å². The Balaban J connectivity index is 3.37. The van der Waals surface area contributed by atoms with E-state index in [1.165, 1.54) is 276 Å². The number of amides is 1. The normalized spacial score (nSPS) is 12.7. The average Bonchev–Trinajstić information content (AvgIpc) is 3.37. The second-order valence-electron chi connectivity index (χ2n) is 22.1. The number of aliphatic hydroxyl groups excluding tert-OH is 2. The molecule has 0 aromatic heterocycles. The number of hydrogen-bond acceptors (Lipinski definition) is 5. The number of allylic oxidation sites excluding steroid dienone is 4. The molecule has 0 heterocycles. The highest BCUT2D eigenvalue weighted by molar-refractivity contribution is 5.76. The molecule has 0 aromatic carbocycles. The number of carbonyl (C=O) groups is 2. The van der Waals surface area contributed by atoms with E-state index in [1.54, 1.807) is 0 Å². The Morgan fingerprint density at radius 2 is 0.704 bits per heavy atom. The summed E-state index contributed by atoms with van der Waals surface area (Å²) in [7, 11) is 0. The van der Waals surface area contributed by atoms with E-state index in [2.05, 4.69) is 43.5 Å². The van der Waals surface area contributed by atoms with Crippen LogP contribution in [-0.4, -0.2) is 47.4 Å². The first kappa shape index (κ1) is 69.3. The summed E-state index contributed by atoms with van der Waals surface area (Å²) < 4.78 is 5.50. The predicted molar refractivity (Wildman–Crippen MR) is 310 cm³/mol. The maximum absolute atomic E-state index is 12.4. The number of rotatable bonds is 60. The van der Waals surface area contributed by atoms with Crippen molar-refractivity contribution in [3.63, 3.8) is 0 Å². The topological polar surface area (TPSA) is 95.9 Å². The van der Waals surface area contributed by atoms with Gasteiger partial charge in [0.1, 0.15) is 0 Å². The molecular formula is C65H125NO5. The van der Waals surface area contributed by atoms with Crippen molar-refractivity contribution in [1.29, 1.82) is 0 Å². The van der Waals surface area contributed by atoms with Gasteiger partial charge in [0.15, 0.2) is 0 Å². The van der Waals surface area contributed by atoms with Gasteiger partial charge in [0.25, 0.3) is 0 Å². The van der Waals surface area contributed by atoms with Crippen LogP contribution in [0.5, 0.6) is 0 Å². The quantitative estimate of drug-likeness (QED) is 0.0320. The largest absolute Gasteiger partial charge is 0.466 e. The molecule has 6 heteroatoms. The van der Waals surface area contributed by atoms with Gasteiger partial charge in [-0.2, -0.15) is 0 Å². The maximum Gasteiger partial charge on any atom is 0.305 e. The van der Waals surface area contributed by atoms with Crippen molar-refractivity contribution in [2.75, 3.05) is 13.2 Å².